The normalized spacial score (nSPS) is 10.6. The van der Waals surface area contributed by atoms with E-state index in [-0.39, 0.29) is 5.91 Å². The first-order chi connectivity index (χ1) is 14.1. The van der Waals surface area contributed by atoms with Gasteiger partial charge in [-0.1, -0.05) is 60.4 Å². The van der Waals surface area contributed by atoms with Crippen LogP contribution in [0.3, 0.4) is 0 Å². The molecule has 0 unspecified atom stereocenters. The van der Waals surface area contributed by atoms with Crippen molar-refractivity contribution in [3.8, 4) is 5.75 Å². The number of anilines is 2. The van der Waals surface area contributed by atoms with Gasteiger partial charge in [-0.05, 0) is 42.2 Å². The van der Waals surface area contributed by atoms with Crippen LogP contribution in [-0.2, 0) is 17.8 Å². The minimum atomic E-state index is -0.0466. The van der Waals surface area contributed by atoms with Gasteiger partial charge in [-0.3, -0.25) is 4.79 Å². The summed E-state index contributed by atoms with van der Waals surface area (Å²) in [5.41, 5.74) is 4.49. The van der Waals surface area contributed by atoms with E-state index < -0.39 is 0 Å². The molecule has 29 heavy (non-hydrogen) atoms. The van der Waals surface area contributed by atoms with Crippen LogP contribution in [0.1, 0.15) is 23.6 Å². The van der Waals surface area contributed by atoms with E-state index in [1.807, 2.05) is 24.3 Å². The second-order valence-corrected chi connectivity index (χ2v) is 8.58. The summed E-state index contributed by atoms with van der Waals surface area (Å²) in [5, 5.41) is 15.4. The number of carbonyl (C=O) groups excluding carboxylic acids is 1. The Kier molecular flexibility index (Phi) is 7.48. The third kappa shape index (κ3) is 5.95. The average molecular weight is 429 g/mol. The molecule has 1 aromatic heterocycles. The van der Waals surface area contributed by atoms with Gasteiger partial charge in [-0.15, -0.1) is 10.2 Å². The Hall–Kier alpha value is -2.58. The van der Waals surface area contributed by atoms with Crippen LogP contribution in [0.5, 0.6) is 5.75 Å². The Labute approximate surface area is 179 Å². The lowest BCUT2D eigenvalue weighted by atomic mass is 10.1. The van der Waals surface area contributed by atoms with E-state index in [0.29, 0.717) is 12.3 Å². The zero-order valence-electron chi connectivity index (χ0n) is 16.7. The van der Waals surface area contributed by atoms with E-state index in [4.69, 9.17) is 4.74 Å². The topological polar surface area (TPSA) is 76.1 Å². The summed E-state index contributed by atoms with van der Waals surface area (Å²) in [4.78, 5) is 12.1. The van der Waals surface area contributed by atoms with Crippen molar-refractivity contribution in [3.05, 3.63) is 59.2 Å². The minimum absolute atomic E-state index is 0.0466. The number of aromatic nitrogens is 2. The summed E-state index contributed by atoms with van der Waals surface area (Å²) >= 11 is 2.84. The first-order valence-electron chi connectivity index (χ1n) is 9.30. The van der Waals surface area contributed by atoms with Crippen LogP contribution >= 0.6 is 23.1 Å². The molecule has 2 N–H and O–H groups in total. The van der Waals surface area contributed by atoms with Crippen molar-refractivity contribution in [2.75, 3.05) is 18.2 Å². The zero-order chi connectivity index (χ0) is 20.6. The minimum Gasteiger partial charge on any atom is -0.497 e. The average Bonchev–Trinajstić information content (AvgIpc) is 3.20. The monoisotopic (exact) mass is 428 g/mol. The summed E-state index contributed by atoms with van der Waals surface area (Å²) in [5.74, 6) is 1.03. The number of nitrogens with zero attached hydrogens (tertiary/aromatic N) is 2. The first-order valence-corrected chi connectivity index (χ1v) is 11.1. The van der Waals surface area contributed by atoms with Crippen LogP contribution in [0.25, 0.3) is 0 Å². The molecular formula is C21H24N4O2S2. The van der Waals surface area contributed by atoms with Gasteiger partial charge in [0.05, 0.1) is 12.9 Å². The molecule has 0 aliphatic rings. The van der Waals surface area contributed by atoms with Crippen molar-refractivity contribution in [2.24, 2.45) is 0 Å². The Morgan fingerprint density at radius 1 is 1.21 bits per heavy atom. The van der Waals surface area contributed by atoms with Gasteiger partial charge in [0.25, 0.3) is 0 Å². The Bertz CT molecular complexity index is 975. The number of nitrogens with one attached hydrogen (secondary N) is 2. The number of carbonyl (C=O) groups is 1. The SMILES string of the molecule is CCc1cccc(C)c1Nc1nnc(SCC(=O)NCc2cccc(OC)c2)s1. The van der Waals surface area contributed by atoms with Crippen LogP contribution < -0.4 is 15.4 Å². The van der Waals surface area contributed by atoms with Crippen LogP contribution in [0.2, 0.25) is 0 Å². The van der Waals surface area contributed by atoms with Crippen molar-refractivity contribution in [1.82, 2.24) is 15.5 Å². The molecule has 3 rings (SSSR count). The van der Waals surface area contributed by atoms with Crippen molar-refractivity contribution < 1.29 is 9.53 Å². The van der Waals surface area contributed by atoms with Gasteiger partial charge in [0.1, 0.15) is 5.75 Å². The number of para-hydroxylation sites is 1. The van der Waals surface area contributed by atoms with E-state index in [2.05, 4.69) is 52.9 Å². The fourth-order valence-corrected chi connectivity index (χ4v) is 4.38. The number of benzene rings is 2. The number of rotatable bonds is 9. The molecule has 0 bridgehead atoms. The molecule has 8 heteroatoms. The molecule has 0 aliphatic heterocycles. The number of aryl methyl sites for hydroxylation is 2. The Morgan fingerprint density at radius 3 is 2.83 bits per heavy atom. The highest BCUT2D eigenvalue weighted by Crippen LogP contribution is 2.30. The maximum absolute atomic E-state index is 12.1. The lowest BCUT2D eigenvalue weighted by Crippen LogP contribution is -2.24. The molecule has 0 saturated carbocycles. The van der Waals surface area contributed by atoms with Gasteiger partial charge in [-0.2, -0.15) is 0 Å². The van der Waals surface area contributed by atoms with Crippen LogP contribution in [0.4, 0.5) is 10.8 Å². The van der Waals surface area contributed by atoms with E-state index in [0.717, 1.165) is 32.9 Å². The molecule has 2 aromatic carbocycles. The highest BCUT2D eigenvalue weighted by molar-refractivity contribution is 8.01. The van der Waals surface area contributed by atoms with E-state index >= 15 is 0 Å². The molecule has 1 heterocycles. The summed E-state index contributed by atoms with van der Waals surface area (Å²) in [6.45, 7) is 4.67. The standard InChI is InChI=1S/C21H24N4O2S2/c1-4-16-9-5-7-14(2)19(16)23-20-24-25-21(29-20)28-13-18(26)22-12-15-8-6-10-17(11-15)27-3/h5-11H,4,12-13H2,1-3H3,(H,22,26)(H,23,24). The number of thioether (sulfide) groups is 1. The van der Waals surface area contributed by atoms with Gasteiger partial charge >= 0.3 is 0 Å². The molecule has 0 saturated heterocycles. The molecule has 3 aromatic rings. The van der Waals surface area contributed by atoms with Gasteiger partial charge in [0, 0.05) is 12.2 Å². The van der Waals surface area contributed by atoms with Crippen LogP contribution in [0, 0.1) is 6.92 Å². The molecule has 0 aliphatic carbocycles. The quantitative estimate of drug-likeness (QED) is 0.486. The van der Waals surface area contributed by atoms with E-state index in [1.54, 1.807) is 7.11 Å². The van der Waals surface area contributed by atoms with E-state index in [1.165, 1.54) is 34.2 Å². The maximum Gasteiger partial charge on any atom is 0.230 e. The first kappa shape index (κ1) is 21.1. The van der Waals surface area contributed by atoms with Gasteiger partial charge in [0.2, 0.25) is 11.0 Å². The molecule has 6 nitrogen and oxygen atoms in total. The molecule has 0 radical (unpaired) electrons. The smallest absolute Gasteiger partial charge is 0.230 e. The van der Waals surface area contributed by atoms with Gasteiger partial charge < -0.3 is 15.4 Å². The van der Waals surface area contributed by atoms with Crippen molar-refractivity contribution in [2.45, 2.75) is 31.2 Å². The summed E-state index contributed by atoms with van der Waals surface area (Å²) in [6, 6.07) is 13.9. The fraction of sp³-hybridized carbons (Fsp3) is 0.286. The summed E-state index contributed by atoms with van der Waals surface area (Å²) < 4.78 is 5.96. The Morgan fingerprint density at radius 2 is 2.03 bits per heavy atom. The lowest BCUT2D eigenvalue weighted by Gasteiger charge is -2.11. The predicted molar refractivity (Wildman–Crippen MR) is 119 cm³/mol. The summed E-state index contributed by atoms with van der Waals surface area (Å²) in [7, 11) is 1.63. The number of ether oxygens (including phenoxy) is 1. The number of amides is 1. The highest BCUT2D eigenvalue weighted by atomic mass is 32.2. The third-order valence-corrected chi connectivity index (χ3v) is 6.30. The fourth-order valence-electron chi connectivity index (χ4n) is 2.79. The third-order valence-electron chi connectivity index (χ3n) is 4.33. The number of hydrogen-bond donors (Lipinski definition) is 2. The van der Waals surface area contributed by atoms with E-state index in [9.17, 15) is 4.79 Å². The Balaban J connectivity index is 1.51. The molecule has 0 atom stereocenters. The molecule has 0 spiro atoms. The largest absolute Gasteiger partial charge is 0.497 e. The van der Waals surface area contributed by atoms with Crippen molar-refractivity contribution in [1.29, 1.82) is 0 Å². The summed E-state index contributed by atoms with van der Waals surface area (Å²) in [6.07, 6.45) is 0.942. The zero-order valence-corrected chi connectivity index (χ0v) is 18.3. The number of hydrogen-bond acceptors (Lipinski definition) is 7. The lowest BCUT2D eigenvalue weighted by molar-refractivity contribution is -0.118. The molecule has 152 valence electrons. The van der Waals surface area contributed by atoms with Gasteiger partial charge in [-0.25, -0.2) is 0 Å². The second kappa shape index (κ2) is 10.3. The molecular weight excluding hydrogens is 404 g/mol. The highest BCUT2D eigenvalue weighted by Gasteiger charge is 2.11. The maximum atomic E-state index is 12.1. The van der Waals surface area contributed by atoms with Crippen molar-refractivity contribution in [3.63, 3.8) is 0 Å². The van der Waals surface area contributed by atoms with Gasteiger partial charge in [0.15, 0.2) is 4.34 Å². The predicted octanol–water partition coefficient (Wildman–Crippen LogP) is 4.57. The van der Waals surface area contributed by atoms with Crippen LogP contribution in [0.15, 0.2) is 46.8 Å². The number of methoxy groups -OCH3 is 1. The molecule has 0 fully saturated rings. The van der Waals surface area contributed by atoms with Crippen LogP contribution in [-0.4, -0.2) is 29.0 Å². The van der Waals surface area contributed by atoms with Crippen molar-refractivity contribution >= 4 is 39.8 Å². The second-order valence-electron chi connectivity index (χ2n) is 6.38. The molecule has 1 amide bonds.